The van der Waals surface area contributed by atoms with Crippen LogP contribution in [-0.4, -0.2) is 50.5 Å². The number of hydrogen-bond acceptors (Lipinski definition) is 9. The highest BCUT2D eigenvalue weighted by Crippen LogP contribution is 2.50. The Hall–Kier alpha value is -4.13. The van der Waals surface area contributed by atoms with Crippen LogP contribution in [0.2, 0.25) is 5.02 Å². The van der Waals surface area contributed by atoms with E-state index in [-0.39, 0.29) is 54.5 Å². The maximum Gasteiger partial charge on any atom is 0.387 e. The van der Waals surface area contributed by atoms with Crippen LogP contribution in [0.3, 0.4) is 0 Å². The van der Waals surface area contributed by atoms with E-state index in [4.69, 9.17) is 16.0 Å². The lowest BCUT2D eigenvalue weighted by molar-refractivity contribution is -0.136. The van der Waals surface area contributed by atoms with Gasteiger partial charge in [-0.15, -0.1) is 5.10 Å². The van der Waals surface area contributed by atoms with E-state index in [0.29, 0.717) is 29.0 Å². The molecule has 6 rings (SSSR count). The van der Waals surface area contributed by atoms with Crippen LogP contribution in [0.1, 0.15) is 74.9 Å². The van der Waals surface area contributed by atoms with E-state index in [1.807, 2.05) is 27.7 Å². The zero-order chi connectivity index (χ0) is 30.6. The van der Waals surface area contributed by atoms with E-state index in [1.54, 1.807) is 12.1 Å². The number of nitrogens with zero attached hydrogens (tertiary/aromatic N) is 4. The van der Waals surface area contributed by atoms with Crippen molar-refractivity contribution in [2.45, 2.75) is 78.1 Å². The van der Waals surface area contributed by atoms with Gasteiger partial charge in [0, 0.05) is 29.1 Å². The number of nitrogens with one attached hydrogen (secondary N) is 2. The maximum atomic E-state index is 13.3. The molecule has 1 unspecified atom stereocenters. The number of piperidine rings is 1. The lowest BCUT2D eigenvalue weighted by Crippen LogP contribution is -2.52. The Bertz CT molecular complexity index is 1460. The van der Waals surface area contributed by atoms with E-state index in [9.17, 15) is 23.2 Å². The van der Waals surface area contributed by atoms with Crippen LogP contribution in [0.15, 0.2) is 34.9 Å². The molecule has 2 aliphatic heterocycles. The molecule has 42 heavy (non-hydrogen) atoms. The second kappa shape index (κ2) is 12.8. The molecule has 1 aliphatic carbocycles. The highest BCUT2D eigenvalue weighted by atomic mass is 35.5. The Morgan fingerprint density at radius 3 is 2.50 bits per heavy atom. The third kappa shape index (κ3) is 6.20. The predicted octanol–water partition coefficient (Wildman–Crippen LogP) is 5.30. The van der Waals surface area contributed by atoms with Gasteiger partial charge in [0.2, 0.25) is 11.8 Å². The number of carbonyl (C=O) groups is 3. The molecule has 1 aromatic carbocycles. The van der Waals surface area contributed by atoms with Gasteiger partial charge >= 0.3 is 12.6 Å². The molecule has 0 spiro atoms. The molecule has 14 heteroatoms. The van der Waals surface area contributed by atoms with Crippen LogP contribution >= 0.6 is 11.6 Å². The molecule has 0 radical (unpaired) electrons. The summed E-state index contributed by atoms with van der Waals surface area (Å²) >= 11 is 6.59. The minimum Gasteiger partial charge on any atom is -0.433 e. The van der Waals surface area contributed by atoms with Crippen molar-refractivity contribution < 1.29 is 32.3 Å². The van der Waals surface area contributed by atoms with Crippen molar-refractivity contribution in [1.29, 1.82) is 0 Å². The smallest absolute Gasteiger partial charge is 0.387 e. The number of halogens is 3. The zero-order valence-electron chi connectivity index (χ0n) is 23.5. The lowest BCUT2D eigenvalue weighted by Gasteiger charge is -2.29. The summed E-state index contributed by atoms with van der Waals surface area (Å²) in [6.07, 6.45) is 2.98. The number of imide groups is 1. The zero-order valence-corrected chi connectivity index (χ0v) is 24.3. The van der Waals surface area contributed by atoms with Crippen molar-refractivity contribution in [2.75, 3.05) is 5.32 Å². The Morgan fingerprint density at radius 1 is 1.14 bits per heavy atom. The normalized spacial score (nSPS) is 18.3. The van der Waals surface area contributed by atoms with Gasteiger partial charge in [-0.05, 0) is 49.1 Å². The Labute approximate surface area is 246 Å². The van der Waals surface area contributed by atoms with Gasteiger partial charge in [0.05, 0.1) is 11.7 Å². The molecule has 1 atom stereocenters. The van der Waals surface area contributed by atoms with Gasteiger partial charge in [-0.3, -0.25) is 19.7 Å². The van der Waals surface area contributed by atoms with Crippen LogP contribution < -0.4 is 15.4 Å². The molecular weight excluding hydrogens is 574 g/mol. The average Bonchev–Trinajstić information content (AvgIpc) is 3.48. The van der Waals surface area contributed by atoms with E-state index in [0.717, 1.165) is 11.8 Å². The third-order valence-electron chi connectivity index (χ3n) is 6.86. The number of amides is 3. The van der Waals surface area contributed by atoms with Gasteiger partial charge in [0.15, 0.2) is 0 Å². The molecule has 1 saturated heterocycles. The fourth-order valence-corrected chi connectivity index (χ4v) is 5.04. The number of pyridine rings is 1. The van der Waals surface area contributed by atoms with Crippen molar-refractivity contribution in [3.8, 4) is 17.3 Å². The second-order valence-electron chi connectivity index (χ2n) is 9.26. The number of alkyl halides is 2. The van der Waals surface area contributed by atoms with Gasteiger partial charge in [0.25, 0.3) is 11.8 Å². The van der Waals surface area contributed by atoms with Crippen molar-refractivity contribution >= 4 is 35.3 Å². The molecular formula is C28H31ClF2N6O5. The number of hydrogen-bond donors (Lipinski definition) is 2. The molecule has 2 aromatic heterocycles. The number of rotatable bonds is 7. The summed E-state index contributed by atoms with van der Waals surface area (Å²) in [6.45, 7) is 5.22. The van der Waals surface area contributed by atoms with Gasteiger partial charge in [0.1, 0.15) is 17.5 Å². The molecule has 4 heterocycles. The van der Waals surface area contributed by atoms with E-state index in [2.05, 4.69) is 30.6 Å². The molecule has 3 amide bonds. The van der Waals surface area contributed by atoms with E-state index < -0.39 is 24.1 Å². The summed E-state index contributed by atoms with van der Waals surface area (Å²) in [6, 6.07) is 5.65. The first kappa shape index (κ1) is 30.8. The van der Waals surface area contributed by atoms with Gasteiger partial charge in [-0.2, -0.15) is 8.78 Å². The van der Waals surface area contributed by atoms with Crippen LogP contribution in [0.5, 0.6) is 5.75 Å². The van der Waals surface area contributed by atoms with Crippen molar-refractivity contribution in [1.82, 2.24) is 25.4 Å². The Kier molecular flexibility index (Phi) is 9.40. The summed E-state index contributed by atoms with van der Waals surface area (Å²) < 4.78 is 34.7. The monoisotopic (exact) mass is 604 g/mol. The van der Waals surface area contributed by atoms with E-state index >= 15 is 0 Å². The van der Waals surface area contributed by atoms with Crippen molar-refractivity contribution in [3.63, 3.8) is 0 Å². The molecule has 0 bridgehead atoms. The highest BCUT2D eigenvalue weighted by Gasteiger charge is 2.48. The first-order valence-electron chi connectivity index (χ1n) is 13.7. The second-order valence-corrected chi connectivity index (χ2v) is 9.67. The van der Waals surface area contributed by atoms with Crippen LogP contribution in [-0.2, 0) is 21.7 Å². The summed E-state index contributed by atoms with van der Waals surface area (Å²) in [4.78, 5) is 42.6. The third-order valence-corrected chi connectivity index (χ3v) is 7.19. The molecule has 3 aliphatic rings. The first-order chi connectivity index (χ1) is 20.2. The maximum absolute atomic E-state index is 13.3. The minimum atomic E-state index is -2.96. The van der Waals surface area contributed by atoms with E-state index in [1.165, 1.54) is 17.0 Å². The minimum absolute atomic E-state index is 0.0777. The van der Waals surface area contributed by atoms with Crippen molar-refractivity contribution in [3.05, 3.63) is 52.2 Å². The molecule has 1 saturated carbocycles. The number of anilines is 1. The number of benzene rings is 1. The highest BCUT2D eigenvalue weighted by molar-refractivity contribution is 6.32. The summed E-state index contributed by atoms with van der Waals surface area (Å²) in [5.41, 5.74) is 1.48. The number of carbonyl (C=O) groups excluding carboxylic acids is 3. The number of fused-ring (bicyclic) bond motifs is 1. The summed E-state index contributed by atoms with van der Waals surface area (Å²) in [5.74, 6) is -1.18. The molecule has 2 N–H and O–H groups in total. The van der Waals surface area contributed by atoms with Gasteiger partial charge < -0.3 is 19.4 Å². The lowest BCUT2D eigenvalue weighted by atomic mass is 9.99. The molecule has 3 aromatic rings. The number of ether oxygens (including phenoxy) is 1. The fraction of sp³-hybridized carbons (Fsp3) is 0.429. The first-order valence-corrected chi connectivity index (χ1v) is 14.1. The van der Waals surface area contributed by atoms with Crippen LogP contribution in [0.25, 0.3) is 11.6 Å². The van der Waals surface area contributed by atoms with Crippen molar-refractivity contribution in [2.24, 2.45) is 0 Å². The van der Waals surface area contributed by atoms with Gasteiger partial charge in [-0.25, -0.2) is 4.98 Å². The quantitative estimate of drug-likeness (QED) is 0.344. The summed E-state index contributed by atoms with van der Waals surface area (Å²) in [5, 5.41) is 13.9. The largest absolute Gasteiger partial charge is 0.433 e. The topological polar surface area (TPSA) is 140 Å². The average molecular weight is 605 g/mol. The van der Waals surface area contributed by atoms with Crippen LogP contribution in [0, 0.1) is 0 Å². The molecule has 11 nitrogen and oxygen atoms in total. The number of aromatic nitrogens is 3. The van der Waals surface area contributed by atoms with Crippen LogP contribution in [0.4, 0.5) is 14.8 Å². The fourth-order valence-electron chi connectivity index (χ4n) is 4.76. The molecule has 224 valence electrons. The molecule has 2 fully saturated rings. The Balaban J connectivity index is 0.000000972. The SMILES string of the molecule is CC.CC.O=C1CCC(N2Cc3c(Cl)cc(C4(Nc5nnc(-c6ccc(OC(F)F)cn6)o5)CC4)cc3C2=O)C(=O)N1. The predicted molar refractivity (Wildman–Crippen MR) is 149 cm³/mol. The summed E-state index contributed by atoms with van der Waals surface area (Å²) in [7, 11) is 0. The standard InChI is InChI=1S/C24H19ClF2N6O5.2C2H6/c25-15-8-11(7-13-14(15)10-33(21(13)36)17-3-4-18(34)29-19(17)35)24(5-6-24)30-23-32-31-20(38-23)16-2-1-12(9-28-16)37-22(26)27;2*1-2/h1-2,7-9,17,22H,3-6,10H2,(H,30,32)(H,29,34,35);2*1-2H3. The van der Waals surface area contributed by atoms with Gasteiger partial charge in [-0.1, -0.05) is 44.4 Å². The Morgan fingerprint density at radius 2 is 1.88 bits per heavy atom.